The zero-order valence-corrected chi connectivity index (χ0v) is 14.6. The molecule has 1 heterocycles. The summed E-state index contributed by atoms with van der Waals surface area (Å²) in [6.07, 6.45) is -2.46. The van der Waals surface area contributed by atoms with Crippen LogP contribution < -0.4 is 4.74 Å². The van der Waals surface area contributed by atoms with Crippen LogP contribution in [0.25, 0.3) is 17.0 Å². The molecule has 0 radical (unpaired) electrons. The minimum atomic E-state index is -4.79. The molecule has 0 aliphatic rings. The van der Waals surface area contributed by atoms with Gasteiger partial charge in [0.1, 0.15) is 11.6 Å². The topological polar surface area (TPSA) is 51.5 Å². The Morgan fingerprint density at radius 3 is 2.64 bits per heavy atom. The quantitative estimate of drug-likeness (QED) is 0.483. The van der Waals surface area contributed by atoms with E-state index in [2.05, 4.69) is 4.74 Å². The third-order valence-electron chi connectivity index (χ3n) is 4.20. The lowest BCUT2D eigenvalue weighted by atomic mass is 10.1. The molecule has 1 N–H and O–H groups in total. The monoisotopic (exact) mass is 393 g/mol. The van der Waals surface area contributed by atoms with E-state index < -0.39 is 18.1 Å². The van der Waals surface area contributed by atoms with Crippen molar-refractivity contribution in [1.29, 1.82) is 0 Å². The van der Waals surface area contributed by atoms with Gasteiger partial charge in [-0.3, -0.25) is 0 Å². The smallest absolute Gasteiger partial charge is 0.478 e. The van der Waals surface area contributed by atoms with Crippen LogP contribution in [0.2, 0.25) is 0 Å². The van der Waals surface area contributed by atoms with Gasteiger partial charge in [-0.25, -0.2) is 9.18 Å². The zero-order valence-electron chi connectivity index (χ0n) is 14.6. The second kappa shape index (κ2) is 7.38. The van der Waals surface area contributed by atoms with E-state index in [1.807, 2.05) is 0 Å². The van der Waals surface area contributed by atoms with Crippen LogP contribution in [0.3, 0.4) is 0 Å². The van der Waals surface area contributed by atoms with Crippen LogP contribution in [-0.2, 0) is 11.3 Å². The first-order chi connectivity index (χ1) is 13.1. The fraction of sp³-hybridized carbons (Fsp3) is 0.150. The molecule has 146 valence electrons. The zero-order chi connectivity index (χ0) is 20.5. The lowest BCUT2D eigenvalue weighted by Crippen LogP contribution is -2.17. The molecule has 0 saturated heterocycles. The summed E-state index contributed by atoms with van der Waals surface area (Å²) in [4.78, 5) is 10.9. The van der Waals surface area contributed by atoms with Crippen molar-refractivity contribution in [2.45, 2.75) is 19.8 Å². The van der Waals surface area contributed by atoms with Crippen LogP contribution in [0.15, 0.2) is 48.5 Å². The molecule has 0 atom stereocenters. The van der Waals surface area contributed by atoms with Crippen LogP contribution >= 0.6 is 0 Å². The summed E-state index contributed by atoms with van der Waals surface area (Å²) in [5, 5.41) is 9.40. The molecule has 1 aromatic heterocycles. The second-order valence-electron chi connectivity index (χ2n) is 6.11. The Morgan fingerprint density at radius 1 is 1.21 bits per heavy atom. The van der Waals surface area contributed by atoms with Gasteiger partial charge in [-0.15, -0.1) is 13.2 Å². The van der Waals surface area contributed by atoms with E-state index in [1.54, 1.807) is 23.6 Å². The molecular weight excluding hydrogens is 378 g/mol. The number of carboxylic acids is 1. The summed E-state index contributed by atoms with van der Waals surface area (Å²) < 4.78 is 56.8. The Bertz CT molecular complexity index is 1070. The predicted molar refractivity (Wildman–Crippen MR) is 95.5 cm³/mol. The maximum Gasteiger partial charge on any atom is 0.573 e. The maximum atomic E-state index is 13.7. The molecule has 0 spiro atoms. The number of ether oxygens (including phenoxy) is 1. The van der Waals surface area contributed by atoms with Crippen molar-refractivity contribution in [2.24, 2.45) is 0 Å². The number of aliphatic carboxylic acids is 1. The lowest BCUT2D eigenvalue weighted by Gasteiger charge is -2.12. The maximum absolute atomic E-state index is 13.7. The average molecular weight is 393 g/mol. The first kappa shape index (κ1) is 19.5. The van der Waals surface area contributed by atoms with E-state index in [-0.39, 0.29) is 12.3 Å². The molecule has 4 nitrogen and oxygen atoms in total. The molecular formula is C20H15F4NO3. The number of benzene rings is 2. The summed E-state index contributed by atoms with van der Waals surface area (Å²) in [5.74, 6) is -1.96. The fourth-order valence-electron chi connectivity index (χ4n) is 3.07. The molecule has 0 amide bonds. The molecule has 3 rings (SSSR count). The third kappa shape index (κ3) is 4.33. The minimum Gasteiger partial charge on any atom is -0.478 e. The second-order valence-corrected chi connectivity index (χ2v) is 6.11. The highest BCUT2D eigenvalue weighted by molar-refractivity contribution is 5.95. The summed E-state index contributed by atoms with van der Waals surface area (Å²) in [5.41, 5.74) is 2.35. The SMILES string of the molecule is Cc1c(/C=C/C(=O)O)c2cc(F)ccc2n1Cc1cccc(OC(F)(F)F)c1. The van der Waals surface area contributed by atoms with Gasteiger partial charge in [0.25, 0.3) is 0 Å². The van der Waals surface area contributed by atoms with Crippen molar-refractivity contribution in [1.82, 2.24) is 4.57 Å². The summed E-state index contributed by atoms with van der Waals surface area (Å²) in [7, 11) is 0. The van der Waals surface area contributed by atoms with Crippen molar-refractivity contribution in [3.63, 3.8) is 0 Å². The molecule has 8 heteroatoms. The van der Waals surface area contributed by atoms with E-state index in [9.17, 15) is 22.4 Å². The summed E-state index contributed by atoms with van der Waals surface area (Å²) in [6.45, 7) is 1.93. The highest BCUT2D eigenvalue weighted by Crippen LogP contribution is 2.30. The number of carboxylic acid groups (broad SMARTS) is 1. The van der Waals surface area contributed by atoms with Crippen molar-refractivity contribution in [2.75, 3.05) is 0 Å². The van der Waals surface area contributed by atoms with Gasteiger partial charge in [0, 0.05) is 34.8 Å². The van der Waals surface area contributed by atoms with Crippen LogP contribution in [0, 0.1) is 12.7 Å². The van der Waals surface area contributed by atoms with Crippen LogP contribution in [-0.4, -0.2) is 22.0 Å². The van der Waals surface area contributed by atoms with E-state index in [0.29, 0.717) is 27.7 Å². The highest BCUT2D eigenvalue weighted by Gasteiger charge is 2.31. The summed E-state index contributed by atoms with van der Waals surface area (Å²) >= 11 is 0. The number of alkyl halides is 3. The highest BCUT2D eigenvalue weighted by atomic mass is 19.4. The summed E-state index contributed by atoms with van der Waals surface area (Å²) in [6, 6.07) is 9.68. The van der Waals surface area contributed by atoms with Crippen molar-refractivity contribution < 1.29 is 32.2 Å². The average Bonchev–Trinajstić information content (AvgIpc) is 2.83. The minimum absolute atomic E-state index is 0.198. The van der Waals surface area contributed by atoms with Gasteiger partial charge in [-0.1, -0.05) is 12.1 Å². The predicted octanol–water partition coefficient (Wildman–Crippen LogP) is 5.13. The number of nitrogens with zero attached hydrogens (tertiary/aromatic N) is 1. The normalized spacial score (nSPS) is 12.0. The number of carbonyl (C=O) groups is 1. The van der Waals surface area contributed by atoms with E-state index in [4.69, 9.17) is 5.11 Å². The number of hydrogen-bond acceptors (Lipinski definition) is 2. The Morgan fingerprint density at radius 2 is 1.96 bits per heavy atom. The van der Waals surface area contributed by atoms with Crippen molar-refractivity contribution in [3.8, 4) is 5.75 Å². The largest absolute Gasteiger partial charge is 0.573 e. The number of aromatic nitrogens is 1. The molecule has 0 unspecified atom stereocenters. The van der Waals surface area contributed by atoms with Gasteiger partial charge >= 0.3 is 12.3 Å². The van der Waals surface area contributed by atoms with Gasteiger partial charge in [0.15, 0.2) is 0 Å². The first-order valence-electron chi connectivity index (χ1n) is 8.18. The molecule has 2 aromatic carbocycles. The van der Waals surface area contributed by atoms with Crippen molar-refractivity contribution >= 4 is 22.9 Å². The molecule has 3 aromatic rings. The van der Waals surface area contributed by atoms with Gasteiger partial charge in [-0.05, 0) is 48.9 Å². The number of fused-ring (bicyclic) bond motifs is 1. The molecule has 0 aliphatic heterocycles. The Balaban J connectivity index is 2.05. The third-order valence-corrected chi connectivity index (χ3v) is 4.20. The van der Waals surface area contributed by atoms with Gasteiger partial charge in [0.05, 0.1) is 0 Å². The molecule has 0 bridgehead atoms. The van der Waals surface area contributed by atoms with Crippen LogP contribution in [0.4, 0.5) is 17.6 Å². The van der Waals surface area contributed by atoms with E-state index in [1.165, 1.54) is 36.4 Å². The molecule has 0 saturated carbocycles. The molecule has 0 aliphatic carbocycles. The van der Waals surface area contributed by atoms with Crippen LogP contribution in [0.5, 0.6) is 5.75 Å². The number of rotatable bonds is 5. The Labute approximate surface area is 157 Å². The van der Waals surface area contributed by atoms with Gasteiger partial charge in [-0.2, -0.15) is 0 Å². The van der Waals surface area contributed by atoms with E-state index >= 15 is 0 Å². The van der Waals surface area contributed by atoms with Gasteiger partial charge < -0.3 is 14.4 Å². The molecule has 0 fully saturated rings. The van der Waals surface area contributed by atoms with E-state index in [0.717, 1.165) is 6.08 Å². The number of halogens is 4. The Kier molecular flexibility index (Phi) is 5.13. The lowest BCUT2D eigenvalue weighted by molar-refractivity contribution is -0.274. The number of hydrogen-bond donors (Lipinski definition) is 1. The van der Waals surface area contributed by atoms with Gasteiger partial charge in [0.2, 0.25) is 0 Å². The molecule has 28 heavy (non-hydrogen) atoms. The fourth-order valence-corrected chi connectivity index (χ4v) is 3.07. The first-order valence-corrected chi connectivity index (χ1v) is 8.18. The van der Waals surface area contributed by atoms with Crippen LogP contribution in [0.1, 0.15) is 16.8 Å². The van der Waals surface area contributed by atoms with Crippen molar-refractivity contribution in [3.05, 3.63) is 71.2 Å². The Hall–Kier alpha value is -3.29. The standard InChI is InChI=1S/C20H15F4NO3/c1-12-16(6-8-19(26)27)17-10-14(21)5-7-18(17)25(12)11-13-3-2-4-15(9-13)28-20(22,23)24/h2-10H,11H2,1H3,(H,26,27)/b8-6+.